The molecule has 2 aromatic carbocycles. The first-order chi connectivity index (χ1) is 13.7. The van der Waals surface area contributed by atoms with Gasteiger partial charge in [-0.05, 0) is 43.4 Å². The van der Waals surface area contributed by atoms with Crippen LogP contribution in [0, 0.1) is 6.92 Å². The molecule has 0 saturated carbocycles. The first kappa shape index (κ1) is 17.2. The second-order valence-electron chi connectivity index (χ2n) is 7.76. The highest BCUT2D eigenvalue weighted by Gasteiger charge is 2.36. The predicted molar refractivity (Wildman–Crippen MR) is 110 cm³/mol. The summed E-state index contributed by atoms with van der Waals surface area (Å²) in [5.41, 5.74) is 4.54. The Morgan fingerprint density at radius 1 is 1.00 bits per heavy atom. The summed E-state index contributed by atoms with van der Waals surface area (Å²) in [5.74, 6) is 0.894. The minimum absolute atomic E-state index is 0.161. The Balaban J connectivity index is 1.42. The van der Waals surface area contributed by atoms with Crippen molar-refractivity contribution in [3.63, 3.8) is 0 Å². The van der Waals surface area contributed by atoms with Gasteiger partial charge >= 0.3 is 0 Å². The molecule has 5 nitrogen and oxygen atoms in total. The van der Waals surface area contributed by atoms with Crippen LogP contribution in [-0.2, 0) is 17.8 Å². The van der Waals surface area contributed by atoms with Gasteiger partial charge in [0.15, 0.2) is 0 Å². The number of hydrogen-bond donors (Lipinski definition) is 0. The summed E-state index contributed by atoms with van der Waals surface area (Å²) in [4.78, 5) is 27.0. The van der Waals surface area contributed by atoms with Crippen molar-refractivity contribution < 1.29 is 4.79 Å². The van der Waals surface area contributed by atoms with E-state index in [9.17, 15) is 4.79 Å². The summed E-state index contributed by atoms with van der Waals surface area (Å²) in [6.07, 6.45) is 2.79. The Bertz CT molecular complexity index is 1050. The van der Waals surface area contributed by atoms with Crippen molar-refractivity contribution in [2.45, 2.75) is 38.8 Å². The van der Waals surface area contributed by atoms with Gasteiger partial charge in [-0.15, -0.1) is 0 Å². The van der Waals surface area contributed by atoms with E-state index in [1.54, 1.807) is 0 Å². The summed E-state index contributed by atoms with van der Waals surface area (Å²) in [6, 6.07) is 16.3. The lowest BCUT2D eigenvalue weighted by atomic mass is 9.99. The predicted octanol–water partition coefficient (Wildman–Crippen LogP) is 3.49. The quantitative estimate of drug-likeness (QED) is 0.691. The highest BCUT2D eigenvalue weighted by molar-refractivity contribution is 5.87. The third-order valence-corrected chi connectivity index (χ3v) is 6.02. The van der Waals surface area contributed by atoms with Crippen LogP contribution in [0.25, 0.3) is 10.9 Å². The number of aryl methyl sites for hydroxylation is 1. The number of nitrogens with zero attached hydrogens (tertiary/aromatic N) is 4. The van der Waals surface area contributed by atoms with Crippen LogP contribution in [0.3, 0.4) is 0 Å². The molecule has 2 aliphatic rings. The smallest absolute Gasteiger partial charge is 0.245 e. The van der Waals surface area contributed by atoms with E-state index in [0.29, 0.717) is 12.5 Å². The van der Waals surface area contributed by atoms with E-state index < -0.39 is 0 Å². The molecule has 2 aliphatic heterocycles. The van der Waals surface area contributed by atoms with E-state index in [4.69, 9.17) is 9.97 Å². The highest BCUT2D eigenvalue weighted by Crippen LogP contribution is 2.28. The Morgan fingerprint density at radius 2 is 1.79 bits per heavy atom. The van der Waals surface area contributed by atoms with Gasteiger partial charge in [-0.2, -0.15) is 0 Å². The van der Waals surface area contributed by atoms with Gasteiger partial charge in [0.05, 0.1) is 11.2 Å². The Labute approximate surface area is 165 Å². The molecule has 1 aromatic heterocycles. The fourth-order valence-electron chi connectivity index (χ4n) is 4.51. The Hall–Kier alpha value is -2.95. The van der Waals surface area contributed by atoms with Gasteiger partial charge in [-0.1, -0.05) is 42.5 Å². The van der Waals surface area contributed by atoms with E-state index in [2.05, 4.69) is 29.2 Å². The van der Waals surface area contributed by atoms with Crippen molar-refractivity contribution in [2.75, 3.05) is 18.0 Å². The van der Waals surface area contributed by atoms with E-state index in [-0.39, 0.29) is 11.9 Å². The molecule has 0 N–H and O–H groups in total. The van der Waals surface area contributed by atoms with Crippen molar-refractivity contribution in [2.24, 2.45) is 0 Å². The van der Waals surface area contributed by atoms with E-state index in [1.807, 2.05) is 36.1 Å². The third-order valence-electron chi connectivity index (χ3n) is 6.02. The van der Waals surface area contributed by atoms with Gasteiger partial charge in [0.1, 0.15) is 6.04 Å². The third kappa shape index (κ3) is 2.91. The number of para-hydroxylation sites is 1. The molecule has 142 valence electrons. The van der Waals surface area contributed by atoms with Crippen molar-refractivity contribution in [3.8, 4) is 0 Å². The van der Waals surface area contributed by atoms with Crippen LogP contribution in [0.1, 0.15) is 29.7 Å². The molecular formula is C23H24N4O. The van der Waals surface area contributed by atoms with E-state index >= 15 is 0 Å². The second kappa shape index (κ2) is 6.89. The van der Waals surface area contributed by atoms with Gasteiger partial charge in [0.2, 0.25) is 11.9 Å². The first-order valence-corrected chi connectivity index (χ1v) is 10.1. The lowest BCUT2D eigenvalue weighted by molar-refractivity contribution is -0.133. The van der Waals surface area contributed by atoms with Crippen LogP contribution < -0.4 is 4.90 Å². The molecule has 0 bridgehead atoms. The maximum atomic E-state index is 13.4. The molecule has 5 rings (SSSR count). The second-order valence-corrected chi connectivity index (χ2v) is 7.76. The topological polar surface area (TPSA) is 49.3 Å². The summed E-state index contributed by atoms with van der Waals surface area (Å²) in [7, 11) is 0. The van der Waals surface area contributed by atoms with Gasteiger partial charge in [-0.25, -0.2) is 9.97 Å². The van der Waals surface area contributed by atoms with Gasteiger partial charge in [0, 0.05) is 25.0 Å². The zero-order valence-corrected chi connectivity index (χ0v) is 16.1. The zero-order valence-electron chi connectivity index (χ0n) is 16.1. The molecule has 0 radical (unpaired) electrons. The number of hydrogen-bond acceptors (Lipinski definition) is 4. The first-order valence-electron chi connectivity index (χ1n) is 10.1. The maximum absolute atomic E-state index is 13.4. The summed E-state index contributed by atoms with van der Waals surface area (Å²) in [6.45, 7) is 4.34. The number of rotatable bonds is 2. The van der Waals surface area contributed by atoms with Gasteiger partial charge in [-0.3, -0.25) is 4.79 Å². The van der Waals surface area contributed by atoms with Gasteiger partial charge < -0.3 is 9.80 Å². The standard InChI is InChI=1S/C23H24N4O/c1-16-19-9-4-5-10-20(19)25-23(24-16)27-13-6-11-21(27)22(28)26-14-12-17-7-2-3-8-18(17)15-26/h2-5,7-10,21H,6,11-15H2,1H3. The minimum Gasteiger partial charge on any atom is -0.336 e. The minimum atomic E-state index is -0.161. The largest absolute Gasteiger partial charge is 0.336 e. The van der Waals surface area contributed by atoms with Crippen LogP contribution in [0.5, 0.6) is 0 Å². The number of amides is 1. The molecule has 28 heavy (non-hydrogen) atoms. The Morgan fingerprint density at radius 3 is 2.68 bits per heavy atom. The number of anilines is 1. The molecule has 1 atom stereocenters. The number of carbonyl (C=O) groups excluding carboxylic acids is 1. The molecule has 1 unspecified atom stereocenters. The number of fused-ring (bicyclic) bond motifs is 2. The van der Waals surface area contributed by atoms with Crippen molar-refractivity contribution in [3.05, 3.63) is 65.4 Å². The molecule has 0 spiro atoms. The lowest BCUT2D eigenvalue weighted by Gasteiger charge is -2.33. The summed E-state index contributed by atoms with van der Waals surface area (Å²) in [5, 5.41) is 1.07. The number of benzene rings is 2. The van der Waals surface area contributed by atoms with Crippen molar-refractivity contribution >= 4 is 22.8 Å². The SMILES string of the molecule is Cc1nc(N2CCCC2C(=O)N2CCc3ccccc3C2)nc2ccccc12. The van der Waals surface area contributed by atoms with Crippen molar-refractivity contribution in [1.82, 2.24) is 14.9 Å². The number of carbonyl (C=O) groups is 1. The molecule has 5 heteroatoms. The van der Waals surface area contributed by atoms with Crippen molar-refractivity contribution in [1.29, 1.82) is 0 Å². The van der Waals surface area contributed by atoms with Crippen LogP contribution in [0.2, 0.25) is 0 Å². The fourth-order valence-corrected chi connectivity index (χ4v) is 4.51. The molecule has 1 saturated heterocycles. The molecule has 0 aliphatic carbocycles. The summed E-state index contributed by atoms with van der Waals surface area (Å²) >= 11 is 0. The average Bonchev–Trinajstić information content (AvgIpc) is 3.23. The van der Waals surface area contributed by atoms with E-state index in [0.717, 1.165) is 48.9 Å². The zero-order chi connectivity index (χ0) is 19.1. The normalized spacial score (nSPS) is 19.1. The number of aromatic nitrogens is 2. The molecular weight excluding hydrogens is 348 g/mol. The van der Waals surface area contributed by atoms with Crippen LogP contribution in [0.15, 0.2) is 48.5 Å². The molecule has 3 heterocycles. The molecule has 1 fully saturated rings. The van der Waals surface area contributed by atoms with Gasteiger partial charge in [0.25, 0.3) is 0 Å². The molecule has 1 amide bonds. The monoisotopic (exact) mass is 372 g/mol. The molecule has 3 aromatic rings. The van der Waals surface area contributed by atoms with Crippen LogP contribution in [-0.4, -0.2) is 39.9 Å². The highest BCUT2D eigenvalue weighted by atomic mass is 16.2. The van der Waals surface area contributed by atoms with Crippen LogP contribution in [0.4, 0.5) is 5.95 Å². The fraction of sp³-hybridized carbons (Fsp3) is 0.348. The van der Waals surface area contributed by atoms with E-state index in [1.165, 1.54) is 11.1 Å². The lowest BCUT2D eigenvalue weighted by Crippen LogP contribution is -2.47. The maximum Gasteiger partial charge on any atom is 0.245 e. The van der Waals surface area contributed by atoms with Crippen LogP contribution >= 0.6 is 0 Å². The summed E-state index contributed by atoms with van der Waals surface area (Å²) < 4.78 is 0. The average molecular weight is 372 g/mol. The Kier molecular flexibility index (Phi) is 4.23.